The third-order valence-corrected chi connectivity index (χ3v) is 6.99. The van der Waals surface area contributed by atoms with Gasteiger partial charge in [0, 0.05) is 43.7 Å². The van der Waals surface area contributed by atoms with Gasteiger partial charge in [0.05, 0.1) is 5.69 Å². The van der Waals surface area contributed by atoms with Gasteiger partial charge in [0.2, 0.25) is 11.8 Å². The van der Waals surface area contributed by atoms with Gasteiger partial charge in [0.25, 0.3) is 0 Å². The summed E-state index contributed by atoms with van der Waals surface area (Å²) >= 11 is 0. The number of anilines is 1. The molecule has 0 unspecified atom stereocenters. The molecule has 0 atom stereocenters. The minimum absolute atomic E-state index is 0.0502. The smallest absolute Gasteiger partial charge is 0.242 e. The fraction of sp³-hybridized carbons (Fsp3) is 0.520. The van der Waals surface area contributed by atoms with Gasteiger partial charge >= 0.3 is 0 Å². The van der Waals surface area contributed by atoms with Gasteiger partial charge in [-0.2, -0.15) is 0 Å². The van der Waals surface area contributed by atoms with Crippen molar-refractivity contribution in [1.29, 1.82) is 0 Å². The van der Waals surface area contributed by atoms with Gasteiger partial charge in [-0.05, 0) is 68.5 Å². The quantitative estimate of drug-likeness (QED) is 0.675. The zero-order valence-electron chi connectivity index (χ0n) is 18.8. The van der Waals surface area contributed by atoms with Crippen molar-refractivity contribution in [1.82, 2.24) is 20.0 Å². The van der Waals surface area contributed by atoms with E-state index in [0.29, 0.717) is 25.3 Å². The van der Waals surface area contributed by atoms with Crippen LogP contribution in [0.3, 0.4) is 0 Å². The lowest BCUT2D eigenvalue weighted by Crippen LogP contribution is -2.47. The SMILES string of the molecule is O=C(CN(C(=O)C1CCC1)C1CC1)N1CCCN(c2ccc(-c3ccc(F)cc3)nn2)CC1. The van der Waals surface area contributed by atoms with Crippen LogP contribution >= 0.6 is 0 Å². The minimum atomic E-state index is -0.278. The van der Waals surface area contributed by atoms with Gasteiger partial charge in [-0.25, -0.2) is 4.39 Å². The summed E-state index contributed by atoms with van der Waals surface area (Å²) in [5.41, 5.74) is 1.52. The molecule has 1 aromatic heterocycles. The van der Waals surface area contributed by atoms with E-state index >= 15 is 0 Å². The number of rotatable bonds is 6. The predicted molar refractivity (Wildman–Crippen MR) is 123 cm³/mol. The maximum atomic E-state index is 13.2. The van der Waals surface area contributed by atoms with Gasteiger partial charge in [0.15, 0.2) is 5.82 Å². The van der Waals surface area contributed by atoms with Crippen molar-refractivity contribution in [3.05, 3.63) is 42.2 Å². The van der Waals surface area contributed by atoms with Crippen molar-refractivity contribution in [2.24, 2.45) is 5.92 Å². The van der Waals surface area contributed by atoms with E-state index in [2.05, 4.69) is 15.1 Å². The summed E-state index contributed by atoms with van der Waals surface area (Å²) in [7, 11) is 0. The van der Waals surface area contributed by atoms with Crippen molar-refractivity contribution in [3.63, 3.8) is 0 Å². The van der Waals surface area contributed by atoms with Crippen molar-refractivity contribution in [2.45, 2.75) is 44.6 Å². The van der Waals surface area contributed by atoms with E-state index in [1.165, 1.54) is 12.1 Å². The molecular weight excluding hydrogens is 421 g/mol. The number of amides is 2. The summed E-state index contributed by atoms with van der Waals surface area (Å²) < 4.78 is 13.2. The van der Waals surface area contributed by atoms with Gasteiger partial charge in [-0.15, -0.1) is 10.2 Å². The topological polar surface area (TPSA) is 69.6 Å². The van der Waals surface area contributed by atoms with Crippen LogP contribution in [0.1, 0.15) is 38.5 Å². The van der Waals surface area contributed by atoms with Crippen LogP contribution in [0.2, 0.25) is 0 Å². The second kappa shape index (κ2) is 9.45. The van der Waals surface area contributed by atoms with E-state index in [-0.39, 0.29) is 36.1 Å². The largest absolute Gasteiger partial charge is 0.353 e. The molecule has 3 aliphatic rings. The van der Waals surface area contributed by atoms with E-state index in [9.17, 15) is 14.0 Å². The Hall–Kier alpha value is -3.03. The van der Waals surface area contributed by atoms with Crippen LogP contribution in [0, 0.1) is 11.7 Å². The van der Waals surface area contributed by atoms with Crippen molar-refractivity contribution in [3.8, 4) is 11.3 Å². The number of carbonyl (C=O) groups excluding carboxylic acids is 2. The zero-order valence-corrected chi connectivity index (χ0v) is 18.8. The molecule has 1 aromatic carbocycles. The number of carbonyl (C=O) groups is 2. The lowest BCUT2D eigenvalue weighted by atomic mass is 9.84. The average molecular weight is 452 g/mol. The maximum Gasteiger partial charge on any atom is 0.242 e. The molecule has 3 fully saturated rings. The first-order chi connectivity index (χ1) is 16.1. The molecule has 8 heteroatoms. The fourth-order valence-electron chi connectivity index (χ4n) is 4.57. The standard InChI is InChI=1S/C25H30FN5O2/c26-20-7-5-18(6-8-20)22-11-12-23(28-27-22)29-13-2-14-30(16-15-29)24(32)17-31(21-9-10-21)25(33)19-3-1-4-19/h5-8,11-12,19,21H,1-4,9-10,13-17H2. The Morgan fingerprint density at radius 3 is 2.33 bits per heavy atom. The Kier molecular flexibility index (Phi) is 6.24. The number of hydrogen-bond donors (Lipinski definition) is 0. The first kappa shape index (κ1) is 21.8. The molecule has 2 saturated carbocycles. The third-order valence-electron chi connectivity index (χ3n) is 6.99. The highest BCUT2D eigenvalue weighted by Gasteiger charge is 2.39. The maximum absolute atomic E-state index is 13.2. The number of aromatic nitrogens is 2. The molecule has 0 radical (unpaired) electrons. The molecular formula is C25H30FN5O2. The van der Waals surface area contributed by atoms with E-state index < -0.39 is 0 Å². The van der Waals surface area contributed by atoms with E-state index in [1.807, 2.05) is 21.9 Å². The first-order valence-corrected chi connectivity index (χ1v) is 12.0. The lowest BCUT2D eigenvalue weighted by molar-refractivity contribution is -0.145. The van der Waals surface area contributed by atoms with Crippen LogP contribution in [0.15, 0.2) is 36.4 Å². The van der Waals surface area contributed by atoms with Gasteiger partial charge in [0.1, 0.15) is 12.4 Å². The number of halogens is 1. The van der Waals surface area contributed by atoms with E-state index in [0.717, 1.165) is 56.5 Å². The summed E-state index contributed by atoms with van der Waals surface area (Å²) in [6, 6.07) is 10.3. The van der Waals surface area contributed by atoms with Crippen LogP contribution in [-0.4, -0.2) is 70.6 Å². The molecule has 0 spiro atoms. The third kappa shape index (κ3) is 4.99. The highest BCUT2D eigenvalue weighted by Crippen LogP contribution is 2.34. The zero-order chi connectivity index (χ0) is 22.8. The molecule has 2 aliphatic carbocycles. The number of hydrogen-bond acceptors (Lipinski definition) is 5. The fourth-order valence-corrected chi connectivity index (χ4v) is 4.57. The molecule has 2 heterocycles. The average Bonchev–Trinajstić information content (AvgIpc) is 3.64. The predicted octanol–water partition coefficient (Wildman–Crippen LogP) is 3.11. The summed E-state index contributed by atoms with van der Waals surface area (Å²) in [5, 5.41) is 8.69. The molecule has 5 rings (SSSR count). The van der Waals surface area contributed by atoms with Crippen LogP contribution in [0.5, 0.6) is 0 Å². The lowest BCUT2D eigenvalue weighted by Gasteiger charge is -2.33. The summed E-state index contributed by atoms with van der Waals surface area (Å²) in [6.45, 7) is 2.98. The van der Waals surface area contributed by atoms with E-state index in [1.54, 1.807) is 12.1 Å². The Labute approximate surface area is 193 Å². The molecule has 0 bridgehead atoms. The molecule has 0 N–H and O–H groups in total. The summed E-state index contributed by atoms with van der Waals surface area (Å²) in [5.74, 6) is 0.864. The van der Waals surface area contributed by atoms with E-state index in [4.69, 9.17) is 0 Å². The molecule has 7 nitrogen and oxygen atoms in total. The number of nitrogens with zero attached hydrogens (tertiary/aromatic N) is 5. The summed E-state index contributed by atoms with van der Waals surface area (Å²) in [6.07, 6.45) is 5.94. The molecule has 1 saturated heterocycles. The van der Waals surface area contributed by atoms with Crippen molar-refractivity contribution < 1.29 is 14.0 Å². The van der Waals surface area contributed by atoms with Crippen LogP contribution in [-0.2, 0) is 9.59 Å². The molecule has 1 aliphatic heterocycles. The van der Waals surface area contributed by atoms with Gasteiger partial charge in [-0.1, -0.05) is 6.42 Å². The van der Waals surface area contributed by atoms with Gasteiger partial charge < -0.3 is 14.7 Å². The monoisotopic (exact) mass is 451 g/mol. The second-order valence-corrected chi connectivity index (χ2v) is 9.33. The Morgan fingerprint density at radius 2 is 1.70 bits per heavy atom. The molecule has 2 amide bonds. The number of benzene rings is 1. The normalized spacial score (nSPS) is 19.1. The highest BCUT2D eigenvalue weighted by atomic mass is 19.1. The van der Waals surface area contributed by atoms with Crippen LogP contribution in [0.4, 0.5) is 10.2 Å². The minimum Gasteiger partial charge on any atom is -0.353 e. The molecule has 174 valence electrons. The van der Waals surface area contributed by atoms with Crippen molar-refractivity contribution in [2.75, 3.05) is 37.6 Å². The Bertz CT molecular complexity index is 989. The highest BCUT2D eigenvalue weighted by molar-refractivity contribution is 5.87. The summed E-state index contributed by atoms with van der Waals surface area (Å²) in [4.78, 5) is 31.7. The van der Waals surface area contributed by atoms with Crippen molar-refractivity contribution >= 4 is 17.6 Å². The van der Waals surface area contributed by atoms with Crippen LogP contribution < -0.4 is 4.90 Å². The molecule has 33 heavy (non-hydrogen) atoms. The molecule has 2 aromatic rings. The first-order valence-electron chi connectivity index (χ1n) is 12.0. The Morgan fingerprint density at radius 1 is 0.909 bits per heavy atom. The van der Waals surface area contributed by atoms with Gasteiger partial charge in [-0.3, -0.25) is 9.59 Å². The van der Waals surface area contributed by atoms with Crippen LogP contribution in [0.25, 0.3) is 11.3 Å². The Balaban J connectivity index is 1.18. The second-order valence-electron chi connectivity index (χ2n) is 9.33.